The third kappa shape index (κ3) is 8.20. The number of hydrogen-bond donors (Lipinski definition) is 1. The summed E-state index contributed by atoms with van der Waals surface area (Å²) >= 11 is 0. The third-order valence-electron chi connectivity index (χ3n) is 7.91. The highest BCUT2D eigenvalue weighted by atomic mass is 32.2. The Labute approximate surface area is 244 Å². The van der Waals surface area contributed by atoms with Crippen LogP contribution in [0.5, 0.6) is 0 Å². The normalized spacial score (nSPS) is 19.3. The quantitative estimate of drug-likeness (QED) is 0.355. The van der Waals surface area contributed by atoms with Gasteiger partial charge in [-0.05, 0) is 80.1 Å². The predicted molar refractivity (Wildman–Crippen MR) is 163 cm³/mol. The van der Waals surface area contributed by atoms with E-state index in [0.717, 1.165) is 54.4 Å². The molecule has 2 aliphatic heterocycles. The molecule has 1 saturated heterocycles. The molecule has 2 aliphatic rings. The number of rotatable bonds is 9. The Morgan fingerprint density at radius 1 is 1.10 bits per heavy atom. The number of nitrogens with zero attached hydrogens (tertiary/aromatic N) is 2. The largest absolute Gasteiger partial charge is 0.378 e. The summed E-state index contributed by atoms with van der Waals surface area (Å²) in [5.74, 6) is 5.81. The van der Waals surface area contributed by atoms with Gasteiger partial charge in [-0.3, -0.25) is 9.69 Å². The minimum absolute atomic E-state index is 0.168. The summed E-state index contributed by atoms with van der Waals surface area (Å²) in [6.45, 7) is 3.99. The van der Waals surface area contributed by atoms with Crippen LogP contribution in [0.25, 0.3) is 5.57 Å². The topological polar surface area (TPSA) is 88.2 Å². The van der Waals surface area contributed by atoms with E-state index in [4.69, 9.17) is 9.57 Å². The molecular formula is C32H41N3O5S. The second kappa shape index (κ2) is 13.7. The van der Waals surface area contributed by atoms with Crippen molar-refractivity contribution in [3.63, 3.8) is 0 Å². The van der Waals surface area contributed by atoms with Crippen LogP contribution in [0.15, 0.2) is 54.6 Å². The van der Waals surface area contributed by atoms with Crippen LogP contribution in [0.1, 0.15) is 55.7 Å². The zero-order valence-corrected chi connectivity index (χ0v) is 25.3. The molecule has 220 valence electrons. The molecule has 8 nitrogen and oxygen atoms in total. The molecule has 2 aromatic carbocycles. The molecule has 0 aliphatic carbocycles. The number of ether oxygens (including phenoxy) is 1. The molecule has 0 saturated carbocycles. The molecule has 1 N–H and O–H groups in total. The Morgan fingerprint density at radius 2 is 1.76 bits per heavy atom. The number of amides is 1. The fourth-order valence-corrected chi connectivity index (χ4v) is 5.64. The van der Waals surface area contributed by atoms with Crippen LogP contribution >= 0.6 is 0 Å². The van der Waals surface area contributed by atoms with Gasteiger partial charge in [0.1, 0.15) is 0 Å². The summed E-state index contributed by atoms with van der Waals surface area (Å²) in [6.07, 6.45) is 6.31. The number of sulfone groups is 1. The van der Waals surface area contributed by atoms with Crippen LogP contribution in [0.3, 0.4) is 0 Å². The maximum Gasteiger partial charge on any atom is 0.264 e. The van der Waals surface area contributed by atoms with Crippen molar-refractivity contribution in [2.45, 2.75) is 50.1 Å². The fourth-order valence-electron chi connectivity index (χ4n) is 4.80. The lowest BCUT2D eigenvalue weighted by atomic mass is 9.97. The first-order valence-corrected chi connectivity index (χ1v) is 16.0. The van der Waals surface area contributed by atoms with Crippen molar-refractivity contribution in [3.8, 4) is 11.8 Å². The number of carbonyl (C=O) groups excluding carboxylic acids is 1. The molecule has 0 aromatic heterocycles. The summed E-state index contributed by atoms with van der Waals surface area (Å²) < 4.78 is 29.2. The van der Waals surface area contributed by atoms with Crippen LogP contribution in [-0.4, -0.2) is 76.9 Å². The molecule has 2 heterocycles. The zero-order valence-electron chi connectivity index (χ0n) is 24.5. The predicted octanol–water partition coefficient (Wildman–Crippen LogP) is 4.01. The van der Waals surface area contributed by atoms with Crippen LogP contribution in [0.4, 0.5) is 5.69 Å². The van der Waals surface area contributed by atoms with Gasteiger partial charge in [0, 0.05) is 69.8 Å². The number of nitrogens with one attached hydrogen (secondary N) is 1. The standard InChI is InChI=1S/C32H41N3O5S/c1-32(41(4,37)38,31(36)33-40-30-7-5-6-24-39-30)20-23-35-21-18-28(19-22-35)27-14-10-25(11-15-27)8-9-26-12-16-29(17-13-26)34(2)3/h10-18,30H,5-7,19-24H2,1-4H3,(H,33,36). The van der Waals surface area contributed by atoms with Gasteiger partial charge in [-0.15, -0.1) is 0 Å². The third-order valence-corrected chi connectivity index (χ3v) is 9.93. The van der Waals surface area contributed by atoms with E-state index in [1.165, 1.54) is 12.5 Å². The molecule has 4 rings (SSSR count). The van der Waals surface area contributed by atoms with Gasteiger partial charge in [-0.1, -0.05) is 30.0 Å². The first-order valence-electron chi connectivity index (χ1n) is 14.1. The van der Waals surface area contributed by atoms with Crippen molar-refractivity contribution < 1.29 is 22.8 Å². The number of hydroxylamine groups is 1. The second-order valence-corrected chi connectivity index (χ2v) is 13.6. The monoisotopic (exact) mass is 579 g/mol. The maximum absolute atomic E-state index is 12.9. The lowest BCUT2D eigenvalue weighted by Gasteiger charge is -2.32. The van der Waals surface area contributed by atoms with Gasteiger partial charge < -0.3 is 9.64 Å². The SMILES string of the molecule is CN(C)c1ccc(C#Cc2ccc(C3=CCN(CCC(C)(C(=O)NOC4CCCCO4)S(C)(=O)=O)CC3)cc2)cc1. The highest BCUT2D eigenvalue weighted by Gasteiger charge is 2.44. The highest BCUT2D eigenvalue weighted by molar-refractivity contribution is 7.92. The van der Waals surface area contributed by atoms with Crippen molar-refractivity contribution in [1.82, 2.24) is 10.4 Å². The summed E-state index contributed by atoms with van der Waals surface area (Å²) in [7, 11) is 0.341. The Hall–Kier alpha value is -3.16. The van der Waals surface area contributed by atoms with Crippen molar-refractivity contribution in [1.29, 1.82) is 0 Å². The van der Waals surface area contributed by atoms with E-state index in [9.17, 15) is 13.2 Å². The first kappa shape index (κ1) is 30.8. The van der Waals surface area contributed by atoms with Crippen LogP contribution in [0.2, 0.25) is 0 Å². The minimum atomic E-state index is -3.69. The zero-order chi connectivity index (χ0) is 29.5. The molecule has 0 spiro atoms. The van der Waals surface area contributed by atoms with E-state index >= 15 is 0 Å². The molecule has 2 unspecified atom stereocenters. The summed E-state index contributed by atoms with van der Waals surface area (Å²) in [5.41, 5.74) is 7.85. The van der Waals surface area contributed by atoms with Gasteiger partial charge in [0.25, 0.3) is 5.91 Å². The number of benzene rings is 2. The van der Waals surface area contributed by atoms with E-state index < -0.39 is 26.8 Å². The van der Waals surface area contributed by atoms with Crippen molar-refractivity contribution in [2.24, 2.45) is 0 Å². The molecule has 9 heteroatoms. The van der Waals surface area contributed by atoms with E-state index in [1.54, 1.807) is 0 Å². The molecule has 0 bridgehead atoms. The Balaban J connectivity index is 1.31. The van der Waals surface area contributed by atoms with Gasteiger partial charge in [0.05, 0.1) is 0 Å². The van der Waals surface area contributed by atoms with Crippen molar-refractivity contribution in [2.75, 3.05) is 51.5 Å². The summed E-state index contributed by atoms with van der Waals surface area (Å²) in [6, 6.07) is 16.5. The van der Waals surface area contributed by atoms with Gasteiger partial charge >= 0.3 is 0 Å². The lowest BCUT2D eigenvalue weighted by Crippen LogP contribution is -2.52. The van der Waals surface area contributed by atoms with Crippen LogP contribution in [-0.2, 0) is 24.2 Å². The maximum atomic E-state index is 12.9. The smallest absolute Gasteiger partial charge is 0.264 e. The number of anilines is 1. The first-order chi connectivity index (χ1) is 19.5. The van der Waals surface area contributed by atoms with E-state index in [0.29, 0.717) is 26.1 Å². The van der Waals surface area contributed by atoms with E-state index in [2.05, 4.69) is 57.5 Å². The van der Waals surface area contributed by atoms with Crippen LogP contribution in [0, 0.1) is 11.8 Å². The Morgan fingerprint density at radius 3 is 2.29 bits per heavy atom. The highest BCUT2D eigenvalue weighted by Crippen LogP contribution is 2.26. The molecule has 0 radical (unpaired) electrons. The second-order valence-electron chi connectivity index (χ2n) is 11.1. The summed E-state index contributed by atoms with van der Waals surface area (Å²) in [4.78, 5) is 22.6. The molecule has 41 heavy (non-hydrogen) atoms. The lowest BCUT2D eigenvalue weighted by molar-refractivity contribution is -0.201. The van der Waals surface area contributed by atoms with Gasteiger partial charge in [-0.25, -0.2) is 18.7 Å². The molecule has 1 fully saturated rings. The Bertz CT molecular complexity index is 1390. The van der Waals surface area contributed by atoms with Gasteiger partial charge in [0.15, 0.2) is 20.9 Å². The Kier molecular flexibility index (Phi) is 10.3. The summed E-state index contributed by atoms with van der Waals surface area (Å²) in [5, 5.41) is 0. The minimum Gasteiger partial charge on any atom is -0.378 e. The number of hydrogen-bond acceptors (Lipinski definition) is 7. The van der Waals surface area contributed by atoms with Crippen LogP contribution < -0.4 is 10.4 Å². The average molecular weight is 580 g/mol. The van der Waals surface area contributed by atoms with Crippen molar-refractivity contribution in [3.05, 3.63) is 71.3 Å². The van der Waals surface area contributed by atoms with E-state index in [-0.39, 0.29) is 6.42 Å². The van der Waals surface area contributed by atoms with Gasteiger partial charge in [-0.2, -0.15) is 0 Å². The number of carbonyl (C=O) groups is 1. The fraction of sp³-hybridized carbons (Fsp3) is 0.469. The molecule has 2 aromatic rings. The van der Waals surface area contributed by atoms with Gasteiger partial charge in [0.2, 0.25) is 0 Å². The molecule has 1 amide bonds. The van der Waals surface area contributed by atoms with E-state index in [1.807, 2.05) is 38.4 Å². The molecule has 2 atom stereocenters. The molecular weight excluding hydrogens is 538 g/mol. The average Bonchev–Trinajstić information content (AvgIpc) is 2.98. The van der Waals surface area contributed by atoms with Crippen molar-refractivity contribution >= 4 is 27.0 Å².